The van der Waals surface area contributed by atoms with E-state index in [1.807, 2.05) is 6.08 Å². The van der Waals surface area contributed by atoms with Crippen LogP contribution in [0.3, 0.4) is 0 Å². The van der Waals surface area contributed by atoms with Gasteiger partial charge in [0.25, 0.3) is 0 Å². The second-order valence-electron chi connectivity index (χ2n) is 3.02. The first kappa shape index (κ1) is 10.1. The van der Waals surface area contributed by atoms with Crippen molar-refractivity contribution in [3.8, 4) is 11.2 Å². The second-order valence-corrected chi connectivity index (χ2v) is 4.70. The Balaban J connectivity index is 2.73. The molecule has 0 amide bonds. The first-order valence-corrected chi connectivity index (χ1v) is 7.04. The highest BCUT2D eigenvalue weighted by atomic mass is 127. The van der Waals surface area contributed by atoms with Gasteiger partial charge < -0.3 is 0 Å². The average Bonchev–Trinajstić information content (AvgIpc) is 2.08. The molecule has 0 heterocycles. The third kappa shape index (κ3) is 2.83. The molecule has 0 fully saturated rings. The van der Waals surface area contributed by atoms with Crippen LogP contribution in [0.25, 0.3) is 0 Å². The van der Waals surface area contributed by atoms with Crippen molar-refractivity contribution in [2.45, 2.75) is 19.8 Å². The molecule has 0 saturated heterocycles. The first-order valence-electron chi connectivity index (χ1n) is 3.68. The fourth-order valence-corrected chi connectivity index (χ4v) is 1.67. The van der Waals surface area contributed by atoms with E-state index in [1.54, 1.807) is 6.08 Å². The fraction of sp³-hybridized carbons (Fsp3) is 0.444. The third-order valence-corrected chi connectivity index (χ3v) is 2.74. The molecule has 0 radical (unpaired) electrons. The van der Waals surface area contributed by atoms with Crippen molar-refractivity contribution in [2.75, 3.05) is 0 Å². The molecule has 3 heteroatoms. The van der Waals surface area contributed by atoms with E-state index >= 15 is 0 Å². The topological polar surface area (TPSA) is 17.1 Å². The summed E-state index contributed by atoms with van der Waals surface area (Å²) in [7, 11) is 1.48. The molecule has 0 saturated carbocycles. The van der Waals surface area contributed by atoms with Gasteiger partial charge in [0.05, 0.1) is 0 Å². The number of rotatable bonds is 0. The lowest BCUT2D eigenvalue weighted by atomic mass is 9.81. The number of halogens is 1. The van der Waals surface area contributed by atoms with Crippen LogP contribution in [-0.4, -0.2) is 5.78 Å². The van der Waals surface area contributed by atoms with Crippen molar-refractivity contribution in [1.29, 1.82) is 0 Å². The maximum atomic E-state index is 10.9. The van der Waals surface area contributed by atoms with Gasteiger partial charge in [-0.25, -0.2) is 0 Å². The Kier molecular flexibility index (Phi) is 3.66. The molecular weight excluding hydrogens is 283 g/mol. The Bertz CT molecular complexity index is 274. The molecule has 1 atom stereocenters. The highest BCUT2D eigenvalue weighted by Crippen LogP contribution is 2.28. The van der Waals surface area contributed by atoms with Crippen LogP contribution in [0.2, 0.25) is 0 Å². The minimum absolute atomic E-state index is 0.0773. The molecular formula is C9H9IOS. The van der Waals surface area contributed by atoms with E-state index in [0.29, 0.717) is 6.42 Å². The quantitative estimate of drug-likeness (QED) is 0.504. The van der Waals surface area contributed by atoms with Gasteiger partial charge >= 0.3 is 0 Å². The average molecular weight is 292 g/mol. The van der Waals surface area contributed by atoms with Gasteiger partial charge in [0.2, 0.25) is 0 Å². The summed E-state index contributed by atoms with van der Waals surface area (Å²) in [5.41, 5.74) is -0.0773. The van der Waals surface area contributed by atoms with Crippen molar-refractivity contribution in [2.24, 2.45) is 5.41 Å². The van der Waals surface area contributed by atoms with Gasteiger partial charge in [-0.15, -0.1) is 0 Å². The van der Waals surface area contributed by atoms with Crippen LogP contribution in [0, 0.1) is 16.6 Å². The van der Waals surface area contributed by atoms with Gasteiger partial charge in [-0.3, -0.25) is 4.79 Å². The predicted octanol–water partition coefficient (Wildman–Crippen LogP) is 2.96. The lowest BCUT2D eigenvalue weighted by molar-refractivity contribution is -0.115. The molecule has 1 aliphatic carbocycles. The predicted molar refractivity (Wildman–Crippen MR) is 60.9 cm³/mol. The van der Waals surface area contributed by atoms with E-state index in [-0.39, 0.29) is 11.2 Å². The molecule has 1 nitrogen and oxygen atoms in total. The van der Waals surface area contributed by atoms with Crippen molar-refractivity contribution < 1.29 is 4.79 Å². The van der Waals surface area contributed by atoms with Crippen molar-refractivity contribution in [3.05, 3.63) is 12.2 Å². The highest BCUT2D eigenvalue weighted by molar-refractivity contribution is 14.2. The smallest absolute Gasteiger partial charge is 0.155 e. The molecule has 0 aromatic carbocycles. The van der Waals surface area contributed by atoms with Crippen molar-refractivity contribution >= 4 is 35.9 Å². The molecule has 1 aliphatic rings. The Morgan fingerprint density at radius 3 is 3.00 bits per heavy atom. The standard InChI is InChI=1S/C9H9IOS/c1-9(6-7-12-10)4-2-8(11)3-5-9/h2,4H,3,5H2,1H3. The van der Waals surface area contributed by atoms with Crippen LogP contribution >= 0.6 is 30.1 Å². The number of ketones is 1. The van der Waals surface area contributed by atoms with Gasteiger partial charge in [-0.1, -0.05) is 12.0 Å². The molecule has 1 rings (SSSR count). The molecule has 0 N–H and O–H groups in total. The van der Waals surface area contributed by atoms with E-state index in [4.69, 9.17) is 0 Å². The van der Waals surface area contributed by atoms with E-state index in [1.165, 1.54) is 8.93 Å². The zero-order valence-electron chi connectivity index (χ0n) is 6.76. The number of carbonyl (C=O) groups is 1. The van der Waals surface area contributed by atoms with Crippen LogP contribution in [0.1, 0.15) is 19.8 Å². The summed E-state index contributed by atoms with van der Waals surface area (Å²) in [6, 6.07) is 0. The highest BCUT2D eigenvalue weighted by Gasteiger charge is 2.22. The van der Waals surface area contributed by atoms with E-state index in [0.717, 1.165) is 6.42 Å². The lowest BCUT2D eigenvalue weighted by Crippen LogP contribution is -2.17. The third-order valence-electron chi connectivity index (χ3n) is 1.90. The molecule has 0 bridgehead atoms. The van der Waals surface area contributed by atoms with Gasteiger partial charge in [0.15, 0.2) is 5.78 Å². The molecule has 12 heavy (non-hydrogen) atoms. The number of allylic oxidation sites excluding steroid dienone is 2. The van der Waals surface area contributed by atoms with Crippen LogP contribution in [0.15, 0.2) is 12.2 Å². The minimum atomic E-state index is -0.0773. The molecule has 0 spiro atoms. The maximum absolute atomic E-state index is 10.9. The maximum Gasteiger partial charge on any atom is 0.155 e. The Morgan fingerprint density at radius 2 is 2.50 bits per heavy atom. The monoisotopic (exact) mass is 292 g/mol. The number of hydrogen-bond donors (Lipinski definition) is 0. The number of carbonyl (C=O) groups excluding carboxylic acids is 1. The van der Waals surface area contributed by atoms with Gasteiger partial charge in [0, 0.05) is 33.0 Å². The first-order chi connectivity index (χ1) is 5.66. The van der Waals surface area contributed by atoms with Crippen molar-refractivity contribution in [3.63, 3.8) is 0 Å². The summed E-state index contributed by atoms with van der Waals surface area (Å²) in [5, 5.41) is 2.96. The van der Waals surface area contributed by atoms with Gasteiger partial charge in [0.1, 0.15) is 0 Å². The Morgan fingerprint density at radius 1 is 1.75 bits per heavy atom. The largest absolute Gasteiger partial charge is 0.295 e. The van der Waals surface area contributed by atoms with Crippen molar-refractivity contribution in [1.82, 2.24) is 0 Å². The molecule has 0 aliphatic heterocycles. The molecule has 0 aromatic heterocycles. The minimum Gasteiger partial charge on any atom is -0.295 e. The second kappa shape index (κ2) is 4.33. The Hall–Kier alpha value is 0.0500. The van der Waals surface area contributed by atoms with Gasteiger partial charge in [-0.2, -0.15) is 0 Å². The number of hydrogen-bond acceptors (Lipinski definition) is 2. The van der Waals surface area contributed by atoms with E-state index < -0.39 is 0 Å². The van der Waals surface area contributed by atoms with Crippen LogP contribution < -0.4 is 0 Å². The lowest BCUT2D eigenvalue weighted by Gasteiger charge is -2.21. The van der Waals surface area contributed by atoms with Crippen LogP contribution in [-0.2, 0) is 4.79 Å². The Labute approximate surface area is 89.0 Å². The van der Waals surface area contributed by atoms with E-state index in [2.05, 4.69) is 39.3 Å². The summed E-state index contributed by atoms with van der Waals surface area (Å²) in [5.74, 6) is 3.35. The zero-order chi connectivity index (χ0) is 9.03. The summed E-state index contributed by atoms with van der Waals surface area (Å²) in [4.78, 5) is 10.9. The summed E-state index contributed by atoms with van der Waals surface area (Å²) in [6.45, 7) is 2.07. The SMILES string of the molecule is CC1(C#CSI)C=CC(=O)CC1. The van der Waals surface area contributed by atoms with E-state index in [9.17, 15) is 4.79 Å². The molecule has 1 unspecified atom stereocenters. The van der Waals surface area contributed by atoms with Gasteiger partial charge in [-0.05, 0) is 33.6 Å². The summed E-state index contributed by atoms with van der Waals surface area (Å²) < 4.78 is 0. The normalized spacial score (nSPS) is 28.0. The summed E-state index contributed by atoms with van der Waals surface area (Å²) in [6.07, 6.45) is 5.05. The molecule has 64 valence electrons. The van der Waals surface area contributed by atoms with Crippen LogP contribution in [0.4, 0.5) is 0 Å². The van der Waals surface area contributed by atoms with Crippen LogP contribution in [0.5, 0.6) is 0 Å². The zero-order valence-corrected chi connectivity index (χ0v) is 9.74. The fourth-order valence-electron chi connectivity index (χ4n) is 1.07. The summed E-state index contributed by atoms with van der Waals surface area (Å²) >= 11 is 2.15. The molecule has 0 aromatic rings.